The van der Waals surface area contributed by atoms with Crippen LogP contribution in [0.5, 0.6) is 0 Å². The van der Waals surface area contributed by atoms with Crippen molar-refractivity contribution < 1.29 is 23.5 Å². The number of nitrogens with zero attached hydrogens (tertiary/aromatic N) is 3. The van der Waals surface area contributed by atoms with E-state index in [2.05, 4.69) is 0 Å². The number of hydrogen-bond donors (Lipinski definition) is 0. The number of carbonyl (C=O) groups is 2. The van der Waals surface area contributed by atoms with E-state index >= 15 is 0 Å². The van der Waals surface area contributed by atoms with Crippen LogP contribution in [0.25, 0.3) is 22.3 Å². The molecule has 0 aliphatic carbocycles. The maximum atomic E-state index is 13.6. The van der Waals surface area contributed by atoms with Crippen LogP contribution in [0.3, 0.4) is 0 Å². The molecule has 2 aromatic carbocycles. The molecule has 38 heavy (non-hydrogen) atoms. The monoisotopic (exact) mass is 513 g/mol. The standard InChI is InChI=1S/C29H24FN3O5/c1-3-29(38-28(36)32(2)14-17-7-6-9-20(30)11-17)22-13-24-25-19(12-18-8-4-5-10-23(18)31-25)15-33(24)26(34)21(22)16-37-27(29)35/h4-13H,3,14-16H2,1-2H3/t29-/m0/s1. The molecule has 9 heteroatoms. The number of para-hydroxylation sites is 1. The van der Waals surface area contributed by atoms with Gasteiger partial charge in [-0.3, -0.25) is 4.79 Å². The van der Waals surface area contributed by atoms with Crippen LogP contribution in [-0.4, -0.2) is 33.6 Å². The Kier molecular flexibility index (Phi) is 5.52. The van der Waals surface area contributed by atoms with E-state index in [1.807, 2.05) is 30.3 Å². The number of cyclic esters (lactones) is 1. The molecule has 0 saturated heterocycles. The number of aromatic nitrogens is 2. The van der Waals surface area contributed by atoms with E-state index in [4.69, 9.17) is 14.5 Å². The van der Waals surface area contributed by atoms with E-state index in [-0.39, 0.29) is 30.7 Å². The van der Waals surface area contributed by atoms with Gasteiger partial charge in [0, 0.05) is 30.1 Å². The van der Waals surface area contributed by atoms with E-state index in [0.29, 0.717) is 29.1 Å². The summed E-state index contributed by atoms with van der Waals surface area (Å²) in [7, 11) is 1.49. The SMILES string of the molecule is CC[C@@]1(OC(=O)N(C)Cc2cccc(F)c2)C(=O)OCc2c1cc1n(c2=O)Cc2cc3ccccc3nc2-1. The number of carbonyl (C=O) groups excluding carboxylic acids is 2. The van der Waals surface area contributed by atoms with Gasteiger partial charge in [0.05, 0.1) is 29.0 Å². The first kappa shape index (κ1) is 23.8. The van der Waals surface area contributed by atoms with Crippen LogP contribution in [0, 0.1) is 5.82 Å². The van der Waals surface area contributed by atoms with E-state index < -0.39 is 23.5 Å². The Hall–Kier alpha value is -4.53. The number of esters is 1. The summed E-state index contributed by atoms with van der Waals surface area (Å²) in [5, 5.41) is 0.966. The number of benzene rings is 2. The lowest BCUT2D eigenvalue weighted by molar-refractivity contribution is -0.173. The summed E-state index contributed by atoms with van der Waals surface area (Å²) >= 11 is 0. The number of amides is 1. The van der Waals surface area contributed by atoms with Gasteiger partial charge in [0.15, 0.2) is 0 Å². The Bertz CT molecular complexity index is 1700. The molecular weight excluding hydrogens is 489 g/mol. The summed E-state index contributed by atoms with van der Waals surface area (Å²) in [6.45, 7) is 1.89. The molecule has 2 aromatic heterocycles. The Balaban J connectivity index is 1.42. The van der Waals surface area contributed by atoms with Gasteiger partial charge in [0.1, 0.15) is 12.4 Å². The second-order valence-corrected chi connectivity index (χ2v) is 9.61. The van der Waals surface area contributed by atoms with Gasteiger partial charge in [-0.15, -0.1) is 0 Å². The predicted molar refractivity (Wildman–Crippen MR) is 137 cm³/mol. The van der Waals surface area contributed by atoms with Crippen molar-refractivity contribution in [2.75, 3.05) is 7.05 Å². The highest BCUT2D eigenvalue weighted by molar-refractivity contribution is 5.88. The topological polar surface area (TPSA) is 90.7 Å². The number of ether oxygens (including phenoxy) is 2. The Morgan fingerprint density at radius 3 is 2.76 bits per heavy atom. The predicted octanol–water partition coefficient (Wildman–Crippen LogP) is 4.50. The number of halogens is 1. The third-order valence-electron chi connectivity index (χ3n) is 7.27. The number of pyridine rings is 2. The second-order valence-electron chi connectivity index (χ2n) is 9.61. The first-order valence-corrected chi connectivity index (χ1v) is 12.3. The molecule has 0 N–H and O–H groups in total. The van der Waals surface area contributed by atoms with Crippen molar-refractivity contribution in [1.29, 1.82) is 0 Å². The van der Waals surface area contributed by atoms with Gasteiger partial charge in [0.25, 0.3) is 5.56 Å². The van der Waals surface area contributed by atoms with Crippen LogP contribution >= 0.6 is 0 Å². The van der Waals surface area contributed by atoms with Crippen LogP contribution in [0.4, 0.5) is 9.18 Å². The molecule has 4 aromatic rings. The lowest BCUT2D eigenvalue weighted by Crippen LogP contribution is -2.49. The third-order valence-corrected chi connectivity index (χ3v) is 7.27. The molecule has 2 aliphatic heterocycles. The van der Waals surface area contributed by atoms with E-state index in [9.17, 15) is 18.8 Å². The fraction of sp³-hybridized carbons (Fsp3) is 0.241. The fourth-order valence-corrected chi connectivity index (χ4v) is 5.28. The summed E-state index contributed by atoms with van der Waals surface area (Å²) in [5.74, 6) is -1.16. The van der Waals surface area contributed by atoms with Crippen LogP contribution in [0.2, 0.25) is 0 Å². The molecule has 1 atom stereocenters. The van der Waals surface area contributed by atoms with Crippen molar-refractivity contribution in [2.45, 2.75) is 38.6 Å². The Morgan fingerprint density at radius 2 is 1.97 bits per heavy atom. The van der Waals surface area contributed by atoms with Crippen molar-refractivity contribution in [3.8, 4) is 11.4 Å². The van der Waals surface area contributed by atoms with E-state index in [0.717, 1.165) is 16.5 Å². The molecule has 2 aliphatic rings. The maximum Gasteiger partial charge on any atom is 0.411 e. The van der Waals surface area contributed by atoms with Crippen molar-refractivity contribution in [3.05, 3.63) is 99.1 Å². The quantitative estimate of drug-likeness (QED) is 0.329. The third kappa shape index (κ3) is 3.65. The van der Waals surface area contributed by atoms with Crippen molar-refractivity contribution in [1.82, 2.24) is 14.5 Å². The zero-order valence-corrected chi connectivity index (χ0v) is 20.9. The van der Waals surface area contributed by atoms with Gasteiger partial charge in [-0.05, 0) is 42.3 Å². The summed E-state index contributed by atoms with van der Waals surface area (Å²) in [6.07, 6.45) is -0.745. The lowest BCUT2D eigenvalue weighted by Gasteiger charge is -2.36. The summed E-state index contributed by atoms with van der Waals surface area (Å²) in [5.41, 5.74) is 1.92. The molecule has 0 unspecified atom stereocenters. The second kappa shape index (κ2) is 8.79. The Morgan fingerprint density at radius 1 is 1.16 bits per heavy atom. The molecule has 8 nitrogen and oxygen atoms in total. The van der Waals surface area contributed by atoms with Crippen LogP contribution in [-0.2, 0) is 39.6 Å². The molecule has 0 saturated carbocycles. The number of fused-ring (bicyclic) bond motifs is 5. The zero-order valence-electron chi connectivity index (χ0n) is 20.9. The zero-order chi connectivity index (χ0) is 26.6. The van der Waals surface area contributed by atoms with E-state index in [1.54, 1.807) is 29.7 Å². The van der Waals surface area contributed by atoms with Crippen LogP contribution in [0.15, 0.2) is 65.5 Å². The van der Waals surface area contributed by atoms with Gasteiger partial charge >= 0.3 is 12.1 Å². The van der Waals surface area contributed by atoms with Crippen LogP contribution in [0.1, 0.15) is 35.6 Å². The average Bonchev–Trinajstić information content (AvgIpc) is 3.27. The minimum absolute atomic E-state index is 0.0548. The van der Waals surface area contributed by atoms with Crippen molar-refractivity contribution in [2.24, 2.45) is 0 Å². The summed E-state index contributed by atoms with van der Waals surface area (Å²) in [6, 6.07) is 17.3. The molecule has 0 radical (unpaired) electrons. The average molecular weight is 514 g/mol. The highest BCUT2D eigenvalue weighted by Crippen LogP contribution is 2.41. The summed E-state index contributed by atoms with van der Waals surface area (Å²) in [4.78, 5) is 46.1. The largest absolute Gasteiger partial charge is 0.457 e. The van der Waals surface area contributed by atoms with Crippen molar-refractivity contribution >= 4 is 23.0 Å². The van der Waals surface area contributed by atoms with Crippen LogP contribution < -0.4 is 5.56 Å². The highest BCUT2D eigenvalue weighted by atomic mass is 19.1. The molecule has 6 rings (SSSR count). The smallest absolute Gasteiger partial charge is 0.411 e. The minimum Gasteiger partial charge on any atom is -0.457 e. The molecule has 0 spiro atoms. The lowest BCUT2D eigenvalue weighted by atomic mass is 9.85. The van der Waals surface area contributed by atoms with Gasteiger partial charge in [-0.1, -0.05) is 37.3 Å². The molecule has 0 fully saturated rings. The Labute approximate surface area is 217 Å². The van der Waals surface area contributed by atoms with Gasteiger partial charge in [-0.2, -0.15) is 0 Å². The normalized spacial score (nSPS) is 17.4. The van der Waals surface area contributed by atoms with Gasteiger partial charge in [0.2, 0.25) is 5.60 Å². The van der Waals surface area contributed by atoms with Crippen molar-refractivity contribution in [3.63, 3.8) is 0 Å². The minimum atomic E-state index is -1.81. The maximum absolute atomic E-state index is 13.6. The van der Waals surface area contributed by atoms with Gasteiger partial charge in [-0.25, -0.2) is 19.0 Å². The molecular formula is C29H24FN3O5. The summed E-state index contributed by atoms with van der Waals surface area (Å²) < 4.78 is 26.5. The number of rotatable bonds is 4. The first-order chi connectivity index (χ1) is 18.3. The molecule has 1 amide bonds. The number of hydrogen-bond acceptors (Lipinski definition) is 6. The molecule has 192 valence electrons. The fourth-order valence-electron chi connectivity index (χ4n) is 5.28. The first-order valence-electron chi connectivity index (χ1n) is 12.3. The molecule has 4 heterocycles. The highest BCUT2D eigenvalue weighted by Gasteiger charge is 2.51. The van der Waals surface area contributed by atoms with E-state index in [1.165, 1.54) is 24.1 Å². The molecule has 0 bridgehead atoms. The van der Waals surface area contributed by atoms with Gasteiger partial charge < -0.3 is 18.9 Å².